The summed E-state index contributed by atoms with van der Waals surface area (Å²) in [5, 5.41) is 0. The summed E-state index contributed by atoms with van der Waals surface area (Å²) in [4.78, 5) is 0.0222. The Bertz CT molecular complexity index is 210. The van der Waals surface area contributed by atoms with E-state index in [1.54, 1.807) is 0 Å². The Labute approximate surface area is 140 Å². The smallest absolute Gasteiger partial charge is 0.0444 e. The average Bonchev–Trinajstić information content (AvgIpc) is 2.46. The fraction of sp³-hybridized carbons (Fsp3) is 1.00. The van der Waals surface area contributed by atoms with Gasteiger partial charge in [-0.25, -0.2) is 0 Å². The third-order valence-corrected chi connectivity index (χ3v) is 5.60. The van der Waals surface area contributed by atoms with Crippen LogP contribution in [0.4, 0.5) is 0 Å². The van der Waals surface area contributed by atoms with E-state index in [1.807, 2.05) is 0 Å². The van der Waals surface area contributed by atoms with Gasteiger partial charge in [0.25, 0.3) is 0 Å². The van der Waals surface area contributed by atoms with Gasteiger partial charge in [-0.3, -0.25) is 0 Å². The second-order valence-corrected chi connectivity index (χ2v) is 8.12. The molecular weight excluding hydrogens is 276 g/mol. The highest BCUT2D eigenvalue weighted by Gasteiger charge is 2.27. The fourth-order valence-corrected chi connectivity index (χ4v) is 3.27. The van der Waals surface area contributed by atoms with Crippen LogP contribution in [0.3, 0.4) is 0 Å². The van der Waals surface area contributed by atoms with Crippen LogP contribution in [-0.4, -0.2) is 4.87 Å². The summed E-state index contributed by atoms with van der Waals surface area (Å²) >= 11 is 6.78. The molecule has 0 spiro atoms. The molecule has 0 radical (unpaired) electrons. The van der Waals surface area contributed by atoms with Crippen LogP contribution in [0.5, 0.6) is 0 Å². The Morgan fingerprint density at radius 1 is 0.714 bits per heavy atom. The maximum Gasteiger partial charge on any atom is 0.0444 e. The SMILES string of the molecule is CCCCCCCCCCC(C)(Cl)C(C)CCCCCC. The van der Waals surface area contributed by atoms with Gasteiger partial charge < -0.3 is 0 Å². The first kappa shape index (κ1) is 21.3. The van der Waals surface area contributed by atoms with Crippen molar-refractivity contribution in [1.82, 2.24) is 0 Å². The minimum atomic E-state index is 0.0222. The molecule has 0 fully saturated rings. The van der Waals surface area contributed by atoms with E-state index >= 15 is 0 Å². The molecule has 0 aromatic carbocycles. The Hall–Kier alpha value is 0.290. The molecule has 0 rings (SSSR count). The molecule has 0 saturated heterocycles. The maximum absolute atomic E-state index is 6.78. The van der Waals surface area contributed by atoms with Gasteiger partial charge in [0, 0.05) is 4.87 Å². The lowest BCUT2D eigenvalue weighted by Gasteiger charge is -2.29. The van der Waals surface area contributed by atoms with Gasteiger partial charge >= 0.3 is 0 Å². The summed E-state index contributed by atoms with van der Waals surface area (Å²) in [5.41, 5.74) is 0. The minimum absolute atomic E-state index is 0.0222. The molecule has 0 N–H and O–H groups in total. The van der Waals surface area contributed by atoms with Crippen molar-refractivity contribution >= 4 is 11.6 Å². The minimum Gasteiger partial charge on any atom is -0.119 e. The predicted molar refractivity (Wildman–Crippen MR) is 99.4 cm³/mol. The Balaban J connectivity index is 3.57. The second-order valence-electron chi connectivity index (χ2n) is 7.25. The van der Waals surface area contributed by atoms with Crippen molar-refractivity contribution in [2.45, 2.75) is 122 Å². The molecule has 0 heterocycles. The van der Waals surface area contributed by atoms with Gasteiger partial charge in [0.2, 0.25) is 0 Å². The number of hydrogen-bond acceptors (Lipinski definition) is 0. The molecule has 0 aromatic rings. The summed E-state index contributed by atoms with van der Waals surface area (Å²) in [5.74, 6) is 0.653. The van der Waals surface area contributed by atoms with E-state index < -0.39 is 0 Å². The van der Waals surface area contributed by atoms with Gasteiger partial charge in [-0.1, -0.05) is 97.8 Å². The highest BCUT2D eigenvalue weighted by molar-refractivity contribution is 6.23. The molecule has 0 bridgehead atoms. The Morgan fingerprint density at radius 3 is 1.67 bits per heavy atom. The van der Waals surface area contributed by atoms with Crippen molar-refractivity contribution in [3.05, 3.63) is 0 Å². The van der Waals surface area contributed by atoms with E-state index in [-0.39, 0.29) is 4.87 Å². The van der Waals surface area contributed by atoms with E-state index in [2.05, 4.69) is 27.7 Å². The molecule has 2 unspecified atom stereocenters. The fourth-order valence-electron chi connectivity index (χ4n) is 3.03. The Morgan fingerprint density at radius 2 is 1.14 bits per heavy atom. The highest BCUT2D eigenvalue weighted by atomic mass is 35.5. The first-order valence-electron chi connectivity index (χ1n) is 9.73. The average molecular weight is 317 g/mol. The molecule has 21 heavy (non-hydrogen) atoms. The van der Waals surface area contributed by atoms with Crippen LogP contribution < -0.4 is 0 Å². The zero-order valence-electron chi connectivity index (χ0n) is 15.4. The van der Waals surface area contributed by atoms with Crippen molar-refractivity contribution in [1.29, 1.82) is 0 Å². The molecule has 2 atom stereocenters. The van der Waals surface area contributed by atoms with Crippen molar-refractivity contribution < 1.29 is 0 Å². The molecule has 0 aliphatic carbocycles. The van der Waals surface area contributed by atoms with Crippen molar-refractivity contribution in [3.63, 3.8) is 0 Å². The van der Waals surface area contributed by atoms with Gasteiger partial charge in [0.15, 0.2) is 0 Å². The molecule has 128 valence electrons. The quantitative estimate of drug-likeness (QED) is 0.211. The summed E-state index contributed by atoms with van der Waals surface area (Å²) in [7, 11) is 0. The van der Waals surface area contributed by atoms with Crippen LogP contribution in [0.25, 0.3) is 0 Å². The number of halogens is 1. The molecule has 0 aromatic heterocycles. The van der Waals surface area contributed by atoms with Crippen LogP contribution in [0.1, 0.15) is 118 Å². The maximum atomic E-state index is 6.78. The monoisotopic (exact) mass is 316 g/mol. The topological polar surface area (TPSA) is 0 Å². The second kappa shape index (κ2) is 13.9. The first-order valence-corrected chi connectivity index (χ1v) is 10.1. The standard InChI is InChI=1S/C20H41Cl/c1-5-7-9-11-12-13-14-16-18-20(4,21)19(3)17-15-10-8-6-2/h19H,5-18H2,1-4H3. The number of hydrogen-bond donors (Lipinski definition) is 0. The van der Waals surface area contributed by atoms with Crippen LogP contribution in [0, 0.1) is 5.92 Å². The third kappa shape index (κ3) is 12.5. The van der Waals surface area contributed by atoms with Gasteiger partial charge in [-0.05, 0) is 25.7 Å². The summed E-state index contributed by atoms with van der Waals surface area (Å²) < 4.78 is 0. The van der Waals surface area contributed by atoms with Crippen LogP contribution in [0.15, 0.2) is 0 Å². The van der Waals surface area contributed by atoms with Gasteiger partial charge in [-0.15, -0.1) is 11.6 Å². The lowest BCUT2D eigenvalue weighted by molar-refractivity contribution is 0.351. The van der Waals surface area contributed by atoms with E-state index in [1.165, 1.54) is 89.9 Å². The van der Waals surface area contributed by atoms with Crippen LogP contribution >= 0.6 is 11.6 Å². The van der Waals surface area contributed by atoms with Crippen molar-refractivity contribution in [2.24, 2.45) is 5.92 Å². The van der Waals surface area contributed by atoms with Gasteiger partial charge in [0.05, 0.1) is 0 Å². The Kier molecular flexibility index (Phi) is 14.1. The van der Waals surface area contributed by atoms with Gasteiger partial charge in [-0.2, -0.15) is 0 Å². The van der Waals surface area contributed by atoms with E-state index in [9.17, 15) is 0 Å². The molecule has 0 nitrogen and oxygen atoms in total. The van der Waals surface area contributed by atoms with E-state index in [0.29, 0.717) is 5.92 Å². The van der Waals surface area contributed by atoms with Crippen molar-refractivity contribution in [2.75, 3.05) is 0 Å². The first-order chi connectivity index (χ1) is 10.0. The number of unbranched alkanes of at least 4 members (excludes halogenated alkanes) is 10. The predicted octanol–water partition coefficient (Wildman–Crippen LogP) is 8.12. The molecule has 1 heteroatoms. The number of rotatable bonds is 15. The van der Waals surface area contributed by atoms with Gasteiger partial charge in [0.1, 0.15) is 0 Å². The lowest BCUT2D eigenvalue weighted by atomic mass is 9.86. The van der Waals surface area contributed by atoms with Crippen LogP contribution in [-0.2, 0) is 0 Å². The molecule has 0 saturated carbocycles. The zero-order valence-corrected chi connectivity index (χ0v) is 16.1. The molecule has 0 aliphatic rings. The summed E-state index contributed by atoms with van der Waals surface area (Å²) in [6.07, 6.45) is 19.1. The lowest BCUT2D eigenvalue weighted by Crippen LogP contribution is -2.26. The molecule has 0 aliphatic heterocycles. The molecule has 0 amide bonds. The zero-order chi connectivity index (χ0) is 16.0. The molecular formula is C20H41Cl. The van der Waals surface area contributed by atoms with E-state index in [4.69, 9.17) is 11.6 Å². The van der Waals surface area contributed by atoms with Crippen molar-refractivity contribution in [3.8, 4) is 0 Å². The third-order valence-electron chi connectivity index (χ3n) is 5.04. The summed E-state index contributed by atoms with van der Waals surface area (Å²) in [6, 6.07) is 0. The highest BCUT2D eigenvalue weighted by Crippen LogP contribution is 2.34. The largest absolute Gasteiger partial charge is 0.119 e. The normalized spacial score (nSPS) is 15.9. The van der Waals surface area contributed by atoms with Crippen LogP contribution in [0.2, 0.25) is 0 Å². The summed E-state index contributed by atoms with van der Waals surface area (Å²) in [6.45, 7) is 9.17. The van der Waals surface area contributed by atoms with E-state index in [0.717, 1.165) is 0 Å². The number of alkyl halides is 1.